The first kappa shape index (κ1) is 19.7. The highest BCUT2D eigenvalue weighted by atomic mass is 16.5. The molecule has 2 unspecified atom stereocenters. The van der Waals surface area contributed by atoms with Crippen LogP contribution in [-0.2, 0) is 14.3 Å². The van der Waals surface area contributed by atoms with Gasteiger partial charge in [-0.2, -0.15) is 0 Å². The maximum atomic E-state index is 12.7. The second-order valence-corrected chi connectivity index (χ2v) is 7.45. The molecule has 140 valence electrons. The average Bonchev–Trinajstić information content (AvgIpc) is 2.60. The largest absolute Gasteiger partial charge is 0.465 e. The highest BCUT2D eigenvalue weighted by Crippen LogP contribution is 2.28. The summed E-state index contributed by atoms with van der Waals surface area (Å²) in [4.78, 5) is 36.7. The summed E-state index contributed by atoms with van der Waals surface area (Å²) < 4.78 is 4.65. The fourth-order valence-corrected chi connectivity index (χ4v) is 2.90. The van der Waals surface area contributed by atoms with Gasteiger partial charge in [-0.3, -0.25) is 9.59 Å². The van der Waals surface area contributed by atoms with Gasteiger partial charge in [-0.1, -0.05) is 12.2 Å². The zero-order valence-corrected chi connectivity index (χ0v) is 15.7. The van der Waals surface area contributed by atoms with Crippen LogP contribution in [0, 0.1) is 11.8 Å². The van der Waals surface area contributed by atoms with E-state index in [2.05, 4.69) is 15.4 Å². The SMILES string of the molecule is COC(=O)c1ccc(NC(=O)C2CC=CCC2C(=O)NC(C)(C)C)cc1. The number of anilines is 1. The third kappa shape index (κ3) is 5.18. The van der Waals surface area contributed by atoms with Gasteiger partial charge in [0.2, 0.25) is 11.8 Å². The van der Waals surface area contributed by atoms with Gasteiger partial charge in [0, 0.05) is 11.2 Å². The van der Waals surface area contributed by atoms with Gasteiger partial charge in [0.1, 0.15) is 0 Å². The van der Waals surface area contributed by atoms with Crippen LogP contribution >= 0.6 is 0 Å². The molecule has 0 aromatic heterocycles. The molecule has 0 saturated heterocycles. The second-order valence-electron chi connectivity index (χ2n) is 7.45. The summed E-state index contributed by atoms with van der Waals surface area (Å²) in [5.41, 5.74) is 0.643. The molecule has 0 radical (unpaired) electrons. The van der Waals surface area contributed by atoms with Gasteiger partial charge in [0.15, 0.2) is 0 Å². The molecule has 2 N–H and O–H groups in total. The van der Waals surface area contributed by atoms with Gasteiger partial charge in [0.25, 0.3) is 0 Å². The van der Waals surface area contributed by atoms with Crippen LogP contribution in [0.3, 0.4) is 0 Å². The van der Waals surface area contributed by atoms with E-state index in [1.54, 1.807) is 24.3 Å². The van der Waals surface area contributed by atoms with Crippen molar-refractivity contribution in [2.75, 3.05) is 12.4 Å². The number of hydrogen-bond donors (Lipinski definition) is 2. The van der Waals surface area contributed by atoms with E-state index >= 15 is 0 Å². The number of nitrogens with one attached hydrogen (secondary N) is 2. The molecule has 1 aromatic rings. The number of carbonyl (C=O) groups excluding carboxylic acids is 3. The maximum Gasteiger partial charge on any atom is 0.337 e. The van der Waals surface area contributed by atoms with E-state index in [-0.39, 0.29) is 17.4 Å². The van der Waals surface area contributed by atoms with Gasteiger partial charge < -0.3 is 15.4 Å². The van der Waals surface area contributed by atoms with Crippen LogP contribution < -0.4 is 10.6 Å². The summed E-state index contributed by atoms with van der Waals surface area (Å²) >= 11 is 0. The number of esters is 1. The minimum Gasteiger partial charge on any atom is -0.465 e. The Hall–Kier alpha value is -2.63. The third-order valence-corrected chi connectivity index (χ3v) is 4.18. The lowest BCUT2D eigenvalue weighted by molar-refractivity contribution is -0.133. The summed E-state index contributed by atoms with van der Waals surface area (Å²) in [5.74, 6) is -1.56. The first-order chi connectivity index (χ1) is 12.2. The molecule has 1 aliphatic rings. The second kappa shape index (κ2) is 8.17. The van der Waals surface area contributed by atoms with Gasteiger partial charge in [-0.25, -0.2) is 4.79 Å². The molecule has 6 nitrogen and oxygen atoms in total. The molecule has 0 saturated carbocycles. The van der Waals surface area contributed by atoms with E-state index in [4.69, 9.17) is 0 Å². The summed E-state index contributed by atoms with van der Waals surface area (Å²) in [6.07, 6.45) is 4.95. The fraction of sp³-hybridized carbons (Fsp3) is 0.450. The Morgan fingerprint density at radius 1 is 0.962 bits per heavy atom. The minimum absolute atomic E-state index is 0.108. The monoisotopic (exact) mass is 358 g/mol. The Morgan fingerprint density at radius 3 is 2.00 bits per heavy atom. The number of ether oxygens (including phenoxy) is 1. The van der Waals surface area contributed by atoms with E-state index < -0.39 is 17.8 Å². The van der Waals surface area contributed by atoms with Crippen molar-refractivity contribution in [1.82, 2.24) is 5.32 Å². The zero-order valence-electron chi connectivity index (χ0n) is 15.7. The number of hydrogen-bond acceptors (Lipinski definition) is 4. The van der Waals surface area contributed by atoms with Crippen molar-refractivity contribution in [2.24, 2.45) is 11.8 Å². The fourth-order valence-electron chi connectivity index (χ4n) is 2.90. The number of carbonyl (C=O) groups is 3. The molecule has 2 amide bonds. The van der Waals surface area contributed by atoms with Gasteiger partial charge in [0.05, 0.1) is 24.5 Å². The topological polar surface area (TPSA) is 84.5 Å². The first-order valence-electron chi connectivity index (χ1n) is 8.67. The van der Waals surface area contributed by atoms with Crippen LogP contribution in [0.5, 0.6) is 0 Å². The number of benzene rings is 1. The van der Waals surface area contributed by atoms with E-state index in [9.17, 15) is 14.4 Å². The minimum atomic E-state index is -0.431. The van der Waals surface area contributed by atoms with Crippen LogP contribution in [0.15, 0.2) is 36.4 Å². The lowest BCUT2D eigenvalue weighted by atomic mass is 9.81. The molecular formula is C20H26N2O4. The molecular weight excluding hydrogens is 332 g/mol. The number of amides is 2. The lowest BCUT2D eigenvalue weighted by Gasteiger charge is -2.30. The van der Waals surface area contributed by atoms with Crippen molar-refractivity contribution in [3.8, 4) is 0 Å². The van der Waals surface area contributed by atoms with Crippen molar-refractivity contribution in [3.63, 3.8) is 0 Å². The van der Waals surface area contributed by atoms with Gasteiger partial charge in [-0.15, -0.1) is 0 Å². The highest BCUT2D eigenvalue weighted by Gasteiger charge is 2.35. The van der Waals surface area contributed by atoms with Crippen molar-refractivity contribution in [3.05, 3.63) is 42.0 Å². The maximum absolute atomic E-state index is 12.7. The number of methoxy groups -OCH3 is 1. The Morgan fingerprint density at radius 2 is 1.50 bits per heavy atom. The summed E-state index contributed by atoms with van der Waals surface area (Å²) in [6, 6.07) is 6.47. The van der Waals surface area contributed by atoms with Crippen LogP contribution in [0.25, 0.3) is 0 Å². The Balaban J connectivity index is 2.07. The van der Waals surface area contributed by atoms with E-state index in [1.807, 2.05) is 32.9 Å². The van der Waals surface area contributed by atoms with Crippen molar-refractivity contribution in [1.29, 1.82) is 0 Å². The van der Waals surface area contributed by atoms with E-state index in [0.29, 0.717) is 24.1 Å². The first-order valence-corrected chi connectivity index (χ1v) is 8.67. The van der Waals surface area contributed by atoms with Crippen molar-refractivity contribution in [2.45, 2.75) is 39.2 Å². The Labute approximate surface area is 154 Å². The molecule has 0 fully saturated rings. The summed E-state index contributed by atoms with van der Waals surface area (Å²) in [7, 11) is 1.32. The molecule has 1 aromatic carbocycles. The molecule has 0 spiro atoms. The lowest BCUT2D eigenvalue weighted by Crippen LogP contribution is -2.47. The third-order valence-electron chi connectivity index (χ3n) is 4.18. The number of allylic oxidation sites excluding steroid dienone is 2. The standard InChI is InChI=1S/C20H26N2O4/c1-20(2,3)22-18(24)16-8-6-5-7-15(16)17(23)21-14-11-9-13(10-12-14)19(25)26-4/h5-6,9-12,15-16H,7-8H2,1-4H3,(H,21,23)(H,22,24). The van der Waals surface area contributed by atoms with E-state index in [1.165, 1.54) is 7.11 Å². The van der Waals surface area contributed by atoms with Crippen LogP contribution in [0.2, 0.25) is 0 Å². The normalized spacial score (nSPS) is 19.5. The molecule has 0 bridgehead atoms. The summed E-state index contributed by atoms with van der Waals surface area (Å²) in [5, 5.41) is 5.80. The molecule has 2 atom stereocenters. The average molecular weight is 358 g/mol. The number of rotatable bonds is 4. The predicted molar refractivity (Wildman–Crippen MR) is 99.7 cm³/mol. The predicted octanol–water partition coefficient (Wildman–Crippen LogP) is 2.91. The highest BCUT2D eigenvalue weighted by molar-refractivity contribution is 5.97. The Bertz CT molecular complexity index is 702. The van der Waals surface area contributed by atoms with Crippen LogP contribution in [-0.4, -0.2) is 30.4 Å². The molecule has 0 aliphatic heterocycles. The van der Waals surface area contributed by atoms with Gasteiger partial charge >= 0.3 is 5.97 Å². The molecule has 2 rings (SSSR count). The van der Waals surface area contributed by atoms with E-state index in [0.717, 1.165) is 0 Å². The van der Waals surface area contributed by atoms with Crippen LogP contribution in [0.1, 0.15) is 44.0 Å². The molecule has 0 heterocycles. The Kier molecular flexibility index (Phi) is 6.18. The molecule has 1 aliphatic carbocycles. The quantitative estimate of drug-likeness (QED) is 0.640. The van der Waals surface area contributed by atoms with Crippen molar-refractivity contribution < 1.29 is 19.1 Å². The smallest absolute Gasteiger partial charge is 0.337 e. The van der Waals surface area contributed by atoms with Crippen LogP contribution in [0.4, 0.5) is 5.69 Å². The molecule has 6 heteroatoms. The zero-order chi connectivity index (χ0) is 19.3. The molecule has 26 heavy (non-hydrogen) atoms. The van der Waals surface area contributed by atoms with Gasteiger partial charge in [-0.05, 0) is 57.9 Å². The summed E-state index contributed by atoms with van der Waals surface area (Å²) in [6.45, 7) is 5.75. The van der Waals surface area contributed by atoms with Crippen molar-refractivity contribution >= 4 is 23.5 Å².